The van der Waals surface area contributed by atoms with Crippen LogP contribution in [0.4, 0.5) is 10.2 Å². The lowest BCUT2D eigenvalue weighted by atomic mass is 10.3. The molecule has 0 bridgehead atoms. The Hall–Kier alpha value is -2.55. The molecule has 2 N–H and O–H groups in total. The van der Waals surface area contributed by atoms with Gasteiger partial charge in [-0.15, -0.1) is 0 Å². The Labute approximate surface area is 113 Å². The number of carbonyl (C=O) groups is 1. The molecule has 2 heterocycles. The van der Waals surface area contributed by atoms with Crippen molar-refractivity contribution in [3.8, 4) is 0 Å². The minimum Gasteiger partial charge on any atom is -0.478 e. The van der Waals surface area contributed by atoms with Crippen LogP contribution in [0.2, 0.25) is 0 Å². The Kier molecular flexibility index (Phi) is 3.61. The number of nitrogens with zero attached hydrogens (tertiary/aromatic N) is 2. The van der Waals surface area contributed by atoms with E-state index in [1.54, 1.807) is 0 Å². The fourth-order valence-electron chi connectivity index (χ4n) is 1.34. The molecule has 0 aliphatic carbocycles. The Morgan fingerprint density at radius 1 is 1.25 bits per heavy atom. The van der Waals surface area contributed by atoms with E-state index in [0.29, 0.717) is 0 Å². The third-order valence-electron chi connectivity index (χ3n) is 2.23. The molecule has 0 fully saturated rings. The fourth-order valence-corrected chi connectivity index (χ4v) is 2.35. The Bertz CT molecular complexity index is 747. The fraction of sp³-hybridized carbons (Fsp3) is 0. The topological polar surface area (TPSA) is 109 Å². The second-order valence-corrected chi connectivity index (χ2v) is 5.23. The monoisotopic (exact) mass is 297 g/mol. The largest absolute Gasteiger partial charge is 0.478 e. The first-order valence-electron chi connectivity index (χ1n) is 5.23. The molecule has 7 nitrogen and oxygen atoms in total. The molecule has 0 aliphatic heterocycles. The van der Waals surface area contributed by atoms with Crippen LogP contribution in [-0.4, -0.2) is 29.5 Å². The van der Waals surface area contributed by atoms with Gasteiger partial charge in [-0.3, -0.25) is 4.72 Å². The summed E-state index contributed by atoms with van der Waals surface area (Å²) >= 11 is 0. The van der Waals surface area contributed by atoms with E-state index >= 15 is 0 Å². The highest BCUT2D eigenvalue weighted by Crippen LogP contribution is 2.15. The molecule has 0 radical (unpaired) electrons. The van der Waals surface area contributed by atoms with Gasteiger partial charge in [0.15, 0.2) is 5.82 Å². The summed E-state index contributed by atoms with van der Waals surface area (Å²) in [6.07, 6.45) is 2.12. The van der Waals surface area contributed by atoms with Crippen molar-refractivity contribution in [1.29, 1.82) is 0 Å². The van der Waals surface area contributed by atoms with Gasteiger partial charge in [0.05, 0.1) is 5.56 Å². The SMILES string of the molecule is O=C(O)c1ccc(NS(=O)(=O)c2ncccc2F)nc1. The molecule has 0 saturated carbocycles. The summed E-state index contributed by atoms with van der Waals surface area (Å²) in [6, 6.07) is 4.54. The molecule has 0 atom stereocenters. The minimum absolute atomic E-state index is 0.100. The van der Waals surface area contributed by atoms with Crippen LogP contribution in [0.25, 0.3) is 0 Å². The molecule has 2 aromatic rings. The van der Waals surface area contributed by atoms with Gasteiger partial charge >= 0.3 is 5.97 Å². The van der Waals surface area contributed by atoms with E-state index in [2.05, 4.69) is 9.97 Å². The van der Waals surface area contributed by atoms with E-state index in [9.17, 15) is 17.6 Å². The van der Waals surface area contributed by atoms with Crippen LogP contribution in [0.15, 0.2) is 41.7 Å². The van der Waals surface area contributed by atoms with Gasteiger partial charge in [-0.1, -0.05) is 0 Å². The third kappa shape index (κ3) is 2.88. The van der Waals surface area contributed by atoms with E-state index in [0.717, 1.165) is 24.5 Å². The Morgan fingerprint density at radius 2 is 2.00 bits per heavy atom. The van der Waals surface area contributed by atoms with E-state index in [1.807, 2.05) is 4.72 Å². The quantitative estimate of drug-likeness (QED) is 0.875. The number of aromatic nitrogens is 2. The number of hydrogen-bond acceptors (Lipinski definition) is 5. The van der Waals surface area contributed by atoms with Gasteiger partial charge in [0, 0.05) is 12.4 Å². The van der Waals surface area contributed by atoms with Crippen molar-refractivity contribution in [3.63, 3.8) is 0 Å². The number of carboxylic acids is 1. The van der Waals surface area contributed by atoms with Crippen LogP contribution < -0.4 is 4.72 Å². The summed E-state index contributed by atoms with van der Waals surface area (Å²) in [4.78, 5) is 17.7. The maximum atomic E-state index is 13.4. The summed E-state index contributed by atoms with van der Waals surface area (Å²) in [5.41, 5.74) is -0.100. The number of rotatable bonds is 4. The van der Waals surface area contributed by atoms with Crippen LogP contribution in [-0.2, 0) is 10.0 Å². The van der Waals surface area contributed by atoms with E-state index in [4.69, 9.17) is 5.11 Å². The Morgan fingerprint density at radius 3 is 2.55 bits per heavy atom. The molecular weight excluding hydrogens is 289 g/mol. The zero-order valence-electron chi connectivity index (χ0n) is 9.82. The van der Waals surface area contributed by atoms with Gasteiger partial charge in [0.1, 0.15) is 5.82 Å². The number of aromatic carboxylic acids is 1. The maximum absolute atomic E-state index is 13.4. The number of sulfonamides is 1. The lowest BCUT2D eigenvalue weighted by molar-refractivity contribution is 0.0696. The van der Waals surface area contributed by atoms with Crippen molar-refractivity contribution < 1.29 is 22.7 Å². The lowest BCUT2D eigenvalue weighted by Gasteiger charge is -2.07. The normalized spacial score (nSPS) is 11.1. The molecule has 0 aromatic carbocycles. The number of pyridine rings is 2. The first kappa shape index (κ1) is 13.9. The highest BCUT2D eigenvalue weighted by atomic mass is 32.2. The summed E-state index contributed by atoms with van der Waals surface area (Å²) in [5.74, 6) is -2.33. The van der Waals surface area contributed by atoms with Gasteiger partial charge in [-0.25, -0.2) is 19.2 Å². The van der Waals surface area contributed by atoms with Crippen molar-refractivity contribution in [2.24, 2.45) is 0 Å². The molecule has 0 amide bonds. The zero-order chi connectivity index (χ0) is 14.8. The minimum atomic E-state index is -4.22. The van der Waals surface area contributed by atoms with Gasteiger partial charge in [-0.2, -0.15) is 8.42 Å². The van der Waals surface area contributed by atoms with Gasteiger partial charge in [0.25, 0.3) is 10.0 Å². The molecule has 0 aliphatic rings. The average molecular weight is 297 g/mol. The standard InChI is InChI=1S/C11H8FN3O4S/c12-8-2-1-5-13-10(8)20(18,19)15-9-4-3-7(6-14-9)11(16)17/h1-6H,(H,14,15)(H,16,17). The number of anilines is 1. The van der Waals surface area contributed by atoms with Crippen molar-refractivity contribution in [2.75, 3.05) is 4.72 Å². The van der Waals surface area contributed by atoms with Crippen LogP contribution in [0.3, 0.4) is 0 Å². The number of carboxylic acid groups (broad SMARTS) is 1. The molecule has 9 heteroatoms. The van der Waals surface area contributed by atoms with Crippen LogP contribution in [0.5, 0.6) is 0 Å². The zero-order valence-corrected chi connectivity index (χ0v) is 10.6. The maximum Gasteiger partial charge on any atom is 0.337 e. The molecule has 0 unspecified atom stereocenters. The summed E-state index contributed by atoms with van der Waals surface area (Å²) in [6.45, 7) is 0. The first-order chi connectivity index (χ1) is 9.40. The Balaban J connectivity index is 2.29. The van der Waals surface area contributed by atoms with Crippen LogP contribution in [0, 0.1) is 5.82 Å². The van der Waals surface area contributed by atoms with Crippen molar-refractivity contribution in [1.82, 2.24) is 9.97 Å². The van der Waals surface area contributed by atoms with E-state index < -0.39 is 26.8 Å². The molecule has 20 heavy (non-hydrogen) atoms. The lowest BCUT2D eigenvalue weighted by Crippen LogP contribution is -2.17. The average Bonchev–Trinajstić information content (AvgIpc) is 2.39. The van der Waals surface area contributed by atoms with Crippen molar-refractivity contribution >= 4 is 21.8 Å². The van der Waals surface area contributed by atoms with Crippen molar-refractivity contribution in [2.45, 2.75) is 5.03 Å². The molecule has 104 valence electrons. The highest BCUT2D eigenvalue weighted by molar-refractivity contribution is 7.92. The van der Waals surface area contributed by atoms with Gasteiger partial charge in [0.2, 0.25) is 5.03 Å². The van der Waals surface area contributed by atoms with Crippen LogP contribution in [0.1, 0.15) is 10.4 Å². The highest BCUT2D eigenvalue weighted by Gasteiger charge is 2.21. The number of nitrogens with one attached hydrogen (secondary N) is 1. The summed E-state index contributed by atoms with van der Waals surface area (Å²) < 4.78 is 39.1. The third-order valence-corrected chi connectivity index (χ3v) is 3.52. The summed E-state index contributed by atoms with van der Waals surface area (Å²) in [7, 11) is -4.22. The van der Waals surface area contributed by atoms with E-state index in [-0.39, 0.29) is 11.4 Å². The predicted octanol–water partition coefficient (Wildman–Crippen LogP) is 1.11. The van der Waals surface area contributed by atoms with Crippen LogP contribution >= 0.6 is 0 Å². The van der Waals surface area contributed by atoms with Gasteiger partial charge < -0.3 is 5.11 Å². The number of halogens is 1. The first-order valence-corrected chi connectivity index (χ1v) is 6.71. The smallest absolute Gasteiger partial charge is 0.337 e. The van der Waals surface area contributed by atoms with Gasteiger partial charge in [-0.05, 0) is 24.3 Å². The van der Waals surface area contributed by atoms with E-state index in [1.165, 1.54) is 12.1 Å². The molecular formula is C11H8FN3O4S. The molecule has 0 spiro atoms. The number of hydrogen-bond donors (Lipinski definition) is 2. The summed E-state index contributed by atoms with van der Waals surface area (Å²) in [5, 5.41) is 7.92. The molecule has 2 aromatic heterocycles. The predicted molar refractivity (Wildman–Crippen MR) is 66.2 cm³/mol. The van der Waals surface area contributed by atoms with Crippen molar-refractivity contribution in [3.05, 3.63) is 48.0 Å². The second-order valence-electron chi connectivity index (χ2n) is 3.63. The molecule has 2 rings (SSSR count). The second kappa shape index (κ2) is 5.21. The molecule has 0 saturated heterocycles.